The second kappa shape index (κ2) is 3.58. The minimum atomic E-state index is 0.257. The van der Waals surface area contributed by atoms with Crippen LogP contribution in [-0.4, -0.2) is 9.97 Å². The number of hydrogen-bond donors (Lipinski definition) is 0. The zero-order valence-electron chi connectivity index (χ0n) is 8.14. The van der Waals surface area contributed by atoms with Gasteiger partial charge in [0.1, 0.15) is 0 Å². The van der Waals surface area contributed by atoms with Gasteiger partial charge in [0, 0.05) is 12.1 Å². The first-order valence-electron chi connectivity index (χ1n) is 4.65. The van der Waals surface area contributed by atoms with Gasteiger partial charge in [-0.3, -0.25) is 4.98 Å². The Hall–Kier alpha value is -1.70. The van der Waals surface area contributed by atoms with Crippen LogP contribution < -0.4 is 0 Å². The predicted molar refractivity (Wildman–Crippen MR) is 58.2 cm³/mol. The first-order valence-corrected chi connectivity index (χ1v) is 4.65. The molecule has 0 saturated heterocycles. The van der Waals surface area contributed by atoms with E-state index in [0.717, 1.165) is 16.7 Å². The van der Waals surface area contributed by atoms with Gasteiger partial charge in [0.2, 0.25) is 0 Å². The third kappa shape index (κ3) is 1.51. The molecule has 0 bridgehead atoms. The quantitative estimate of drug-likeness (QED) is 0.670. The van der Waals surface area contributed by atoms with Crippen LogP contribution in [0.25, 0.3) is 11.0 Å². The van der Waals surface area contributed by atoms with Crippen LogP contribution in [0.2, 0.25) is 0 Å². The molecule has 0 amide bonds. The highest BCUT2D eigenvalue weighted by Crippen LogP contribution is 2.15. The number of benzene rings is 1. The van der Waals surface area contributed by atoms with E-state index in [9.17, 15) is 0 Å². The molecule has 2 aromatic rings. The van der Waals surface area contributed by atoms with Crippen molar-refractivity contribution in [2.45, 2.75) is 12.8 Å². The SMILES string of the molecule is C=CC(C)c1cnc2ccccc2n1. The molecule has 0 radical (unpaired) electrons. The normalized spacial score (nSPS) is 12.6. The van der Waals surface area contributed by atoms with E-state index in [4.69, 9.17) is 0 Å². The fourth-order valence-corrected chi connectivity index (χ4v) is 1.31. The van der Waals surface area contributed by atoms with E-state index < -0.39 is 0 Å². The van der Waals surface area contributed by atoms with E-state index in [1.165, 1.54) is 0 Å². The summed E-state index contributed by atoms with van der Waals surface area (Å²) < 4.78 is 0. The molecule has 0 aliphatic carbocycles. The maximum absolute atomic E-state index is 4.51. The molecule has 14 heavy (non-hydrogen) atoms. The number of allylic oxidation sites excluding steroid dienone is 1. The van der Waals surface area contributed by atoms with Crippen LogP contribution in [-0.2, 0) is 0 Å². The van der Waals surface area contributed by atoms with Crippen molar-refractivity contribution in [1.82, 2.24) is 9.97 Å². The standard InChI is InChI=1S/C12H12N2/c1-3-9(2)12-8-13-10-6-4-5-7-11(10)14-12/h3-9H,1H2,2H3. The topological polar surface area (TPSA) is 25.8 Å². The average Bonchev–Trinajstić information content (AvgIpc) is 2.27. The molecular weight excluding hydrogens is 172 g/mol. The Kier molecular flexibility index (Phi) is 2.27. The van der Waals surface area contributed by atoms with Gasteiger partial charge in [0.25, 0.3) is 0 Å². The molecule has 0 spiro atoms. The van der Waals surface area contributed by atoms with Crippen LogP contribution in [0.5, 0.6) is 0 Å². The number of aromatic nitrogens is 2. The molecule has 1 atom stereocenters. The van der Waals surface area contributed by atoms with Crippen molar-refractivity contribution in [3.05, 3.63) is 48.8 Å². The lowest BCUT2D eigenvalue weighted by atomic mass is 10.1. The highest BCUT2D eigenvalue weighted by Gasteiger charge is 2.03. The van der Waals surface area contributed by atoms with Gasteiger partial charge < -0.3 is 0 Å². The molecule has 1 unspecified atom stereocenters. The van der Waals surface area contributed by atoms with Gasteiger partial charge in [0.05, 0.1) is 16.7 Å². The molecule has 1 aromatic heterocycles. The van der Waals surface area contributed by atoms with Crippen molar-refractivity contribution in [1.29, 1.82) is 0 Å². The molecular formula is C12H12N2. The first-order chi connectivity index (χ1) is 6.81. The molecule has 2 nitrogen and oxygen atoms in total. The Labute approximate surface area is 83.3 Å². The van der Waals surface area contributed by atoms with Crippen molar-refractivity contribution in [2.75, 3.05) is 0 Å². The molecule has 0 aliphatic rings. The number of hydrogen-bond acceptors (Lipinski definition) is 2. The fourth-order valence-electron chi connectivity index (χ4n) is 1.31. The van der Waals surface area contributed by atoms with Crippen LogP contribution in [0.1, 0.15) is 18.5 Å². The van der Waals surface area contributed by atoms with E-state index in [-0.39, 0.29) is 5.92 Å². The highest BCUT2D eigenvalue weighted by atomic mass is 14.8. The van der Waals surface area contributed by atoms with E-state index in [1.54, 1.807) is 0 Å². The third-order valence-electron chi connectivity index (χ3n) is 2.29. The summed E-state index contributed by atoms with van der Waals surface area (Å²) in [7, 11) is 0. The largest absolute Gasteiger partial charge is 0.253 e. The molecule has 1 heterocycles. The van der Waals surface area contributed by atoms with Crippen molar-refractivity contribution >= 4 is 11.0 Å². The van der Waals surface area contributed by atoms with Crippen LogP contribution in [0.3, 0.4) is 0 Å². The van der Waals surface area contributed by atoms with Crippen molar-refractivity contribution < 1.29 is 0 Å². The van der Waals surface area contributed by atoms with Crippen LogP contribution >= 0.6 is 0 Å². The minimum Gasteiger partial charge on any atom is -0.253 e. The molecule has 0 aliphatic heterocycles. The second-order valence-electron chi connectivity index (χ2n) is 3.31. The summed E-state index contributed by atoms with van der Waals surface area (Å²) in [6, 6.07) is 7.87. The number of fused-ring (bicyclic) bond motifs is 1. The highest BCUT2D eigenvalue weighted by molar-refractivity contribution is 5.73. The Balaban J connectivity index is 2.56. The van der Waals surface area contributed by atoms with E-state index in [1.807, 2.05) is 36.5 Å². The van der Waals surface area contributed by atoms with Crippen LogP contribution in [0, 0.1) is 0 Å². The molecule has 2 heteroatoms. The lowest BCUT2D eigenvalue weighted by Crippen LogP contribution is -1.95. The third-order valence-corrected chi connectivity index (χ3v) is 2.29. The number of rotatable bonds is 2. The summed E-state index contributed by atoms with van der Waals surface area (Å²) in [4.78, 5) is 8.85. The van der Waals surface area contributed by atoms with E-state index in [2.05, 4.69) is 23.5 Å². The molecule has 0 fully saturated rings. The minimum absolute atomic E-state index is 0.257. The van der Waals surface area contributed by atoms with Gasteiger partial charge in [-0.1, -0.05) is 25.1 Å². The molecule has 2 rings (SSSR count). The lowest BCUT2D eigenvalue weighted by Gasteiger charge is -2.05. The van der Waals surface area contributed by atoms with Crippen molar-refractivity contribution in [3.63, 3.8) is 0 Å². The monoisotopic (exact) mass is 184 g/mol. The Morgan fingerprint density at radius 1 is 1.29 bits per heavy atom. The fraction of sp³-hybridized carbons (Fsp3) is 0.167. The van der Waals surface area contributed by atoms with Crippen molar-refractivity contribution in [3.8, 4) is 0 Å². The summed E-state index contributed by atoms with van der Waals surface area (Å²) in [6.45, 7) is 5.81. The maximum Gasteiger partial charge on any atom is 0.0890 e. The van der Waals surface area contributed by atoms with Crippen LogP contribution in [0.15, 0.2) is 43.1 Å². The summed E-state index contributed by atoms with van der Waals surface area (Å²) >= 11 is 0. The average molecular weight is 184 g/mol. The van der Waals surface area contributed by atoms with Gasteiger partial charge in [-0.25, -0.2) is 4.98 Å². The molecule has 0 saturated carbocycles. The number of nitrogens with zero attached hydrogens (tertiary/aromatic N) is 2. The second-order valence-corrected chi connectivity index (χ2v) is 3.31. The van der Waals surface area contributed by atoms with Crippen LogP contribution in [0.4, 0.5) is 0 Å². The van der Waals surface area contributed by atoms with Gasteiger partial charge >= 0.3 is 0 Å². The molecule has 1 aromatic carbocycles. The maximum atomic E-state index is 4.51. The summed E-state index contributed by atoms with van der Waals surface area (Å²) in [6.07, 6.45) is 3.69. The number of para-hydroxylation sites is 2. The Bertz CT molecular complexity index is 463. The summed E-state index contributed by atoms with van der Waals surface area (Å²) in [5.74, 6) is 0.257. The van der Waals surface area contributed by atoms with E-state index in [0.29, 0.717) is 0 Å². The molecule has 70 valence electrons. The van der Waals surface area contributed by atoms with Gasteiger partial charge in [-0.15, -0.1) is 6.58 Å². The predicted octanol–water partition coefficient (Wildman–Crippen LogP) is 2.92. The van der Waals surface area contributed by atoms with Gasteiger partial charge in [-0.05, 0) is 12.1 Å². The van der Waals surface area contributed by atoms with E-state index >= 15 is 0 Å². The summed E-state index contributed by atoms with van der Waals surface area (Å²) in [5.41, 5.74) is 2.85. The lowest BCUT2D eigenvalue weighted by molar-refractivity contribution is 0.908. The Morgan fingerprint density at radius 2 is 2.00 bits per heavy atom. The first kappa shape index (κ1) is 8.88. The summed E-state index contributed by atoms with van der Waals surface area (Å²) in [5, 5.41) is 0. The van der Waals surface area contributed by atoms with Gasteiger partial charge in [0.15, 0.2) is 0 Å². The zero-order valence-corrected chi connectivity index (χ0v) is 8.14. The zero-order chi connectivity index (χ0) is 9.97. The van der Waals surface area contributed by atoms with Crippen molar-refractivity contribution in [2.24, 2.45) is 0 Å². The Morgan fingerprint density at radius 3 is 2.71 bits per heavy atom. The molecule has 0 N–H and O–H groups in total. The van der Waals surface area contributed by atoms with Gasteiger partial charge in [-0.2, -0.15) is 0 Å². The smallest absolute Gasteiger partial charge is 0.0890 e.